The lowest BCUT2D eigenvalue weighted by Crippen LogP contribution is -2.58. The van der Waals surface area contributed by atoms with Crippen LogP contribution in [0.2, 0.25) is 0 Å². The van der Waals surface area contributed by atoms with Gasteiger partial charge in [0.2, 0.25) is 70.9 Å². The van der Waals surface area contributed by atoms with Crippen LogP contribution < -0.4 is 42.5 Å². The Balaban J connectivity index is 0.000000211. The maximum Gasteiger partial charge on any atom is 0.246 e. The molecule has 12 rings (SSSR count). The maximum absolute atomic E-state index is 13.6. The van der Waals surface area contributed by atoms with Gasteiger partial charge in [-0.15, -0.1) is 22.7 Å². The van der Waals surface area contributed by atoms with E-state index in [0.29, 0.717) is 18.1 Å². The number of thiazole rings is 2. The molecule has 0 unspecified atom stereocenters. The van der Waals surface area contributed by atoms with Crippen molar-refractivity contribution in [2.24, 2.45) is 45.3 Å². The molecule has 36 heteroatoms. The Labute approximate surface area is 842 Å². The van der Waals surface area contributed by atoms with Crippen LogP contribution in [0.4, 0.5) is 0 Å². The highest BCUT2D eigenvalue weighted by Gasteiger charge is 2.50. The van der Waals surface area contributed by atoms with Crippen molar-refractivity contribution >= 4 is 93.6 Å². The number of nitrogens with one attached hydrogen (secondary N) is 8. The minimum atomic E-state index is -0.827. The summed E-state index contributed by atoms with van der Waals surface area (Å²) >= 11 is 3.18. The summed E-state index contributed by atoms with van der Waals surface area (Å²) in [6.45, 7) is 48.7. The van der Waals surface area contributed by atoms with E-state index in [4.69, 9.17) is 8.83 Å². The van der Waals surface area contributed by atoms with Gasteiger partial charge < -0.3 is 91.4 Å². The SMILES string of the molecule is Cc1ncoc1-c1ccc(CNC(=O)[C@@H]2C[C@@H](O)CN2C(=O)[C@@H](NC(=O)C(C)C)C(C)(C)C)cc1.Cc1ncoc1-c1ccc([C@H](C)NC(=O)[C@@H]2C[C@@H](O)CN2C(=O)[C@@H](NC(=O)C(C)C)C(C)(C)C)cc1.Cc1ncsc1-c1ccc(CNC(=O)[C@@H]2C[C@@H](O)CN2C(=O)[C@@H](NC(=O)C(C)C)C(C)(C)C)cc1.Cc1ncsc1-c1ccc([C@H](C)NC(=O)[C@@H]2C[C@@H](O)CN2C(=O)[C@@H](NC(=O)C(C)C)C(C)(C)C)cc1. The average Bonchev–Trinajstić information content (AvgIpc) is 1.64. The first-order chi connectivity index (χ1) is 66.3. The molecule has 4 aromatic carbocycles. The lowest BCUT2D eigenvalue weighted by Gasteiger charge is -2.36. The van der Waals surface area contributed by atoms with Crippen molar-refractivity contribution in [2.45, 2.75) is 304 Å². The number of likely N-dealkylation sites (tertiary alicyclic amines) is 4. The van der Waals surface area contributed by atoms with Gasteiger partial charge >= 0.3 is 0 Å². The van der Waals surface area contributed by atoms with E-state index in [1.807, 2.05) is 233 Å². The van der Waals surface area contributed by atoms with Crippen LogP contribution in [-0.2, 0) is 70.6 Å². The van der Waals surface area contributed by atoms with Gasteiger partial charge in [-0.2, -0.15) is 0 Å². The van der Waals surface area contributed by atoms with E-state index < -0.39 is 94.4 Å². The molecule has 8 aromatic rings. The molecule has 4 aromatic heterocycles. The van der Waals surface area contributed by atoms with Gasteiger partial charge in [0.25, 0.3) is 0 Å². The number of aliphatic hydroxyl groups excluding tert-OH is 4. The molecule has 0 bridgehead atoms. The highest BCUT2D eigenvalue weighted by Crippen LogP contribution is 2.36. The van der Waals surface area contributed by atoms with Crippen molar-refractivity contribution in [3.8, 4) is 43.5 Å². The number of amides is 12. The highest BCUT2D eigenvalue weighted by atomic mass is 32.1. The van der Waals surface area contributed by atoms with Crippen molar-refractivity contribution in [1.29, 1.82) is 0 Å². The number of hydrogen-bond acceptors (Lipinski definition) is 24. The number of aliphatic hydroxyl groups is 4. The molecule has 0 spiro atoms. The standard InChI is InChI=1S/C27H38N4O5.C27H38N4O4S.C26H36N4O5.C26H36N4O4S/c2*1-15(2)24(33)30-23(27(5,6)7)26(35)31-13-20(32)12-21(31)25(34)29-16(3)18-8-10-19(11-9-18)22-17(4)28-14-36-22;2*1-15(2)23(32)29-22(26(4,5)6)25(34)30-13-19(31)11-20(30)24(33)27-12-17-7-9-18(10-8-17)21-16(3)28-14-35-21/h2*8-11,14-16,20-21,23,32H,12-13H2,1-7H3,(H,29,34)(H,30,33);2*7-10,14-15,19-20,22,31H,11-13H2,1-6H3,(H,27,33)(H,29,32)/t2*16-,20+,21-,23+;2*19-,20+,22-/m0011/s1. The van der Waals surface area contributed by atoms with E-state index in [1.165, 1.54) is 32.4 Å². The van der Waals surface area contributed by atoms with Crippen LogP contribution in [0.15, 0.2) is 130 Å². The third kappa shape index (κ3) is 30.1. The Kier molecular flexibility index (Phi) is 39.1. The topological polar surface area (TPSA) is 473 Å². The third-order valence-electron chi connectivity index (χ3n) is 25.6. The van der Waals surface area contributed by atoms with Gasteiger partial charge in [0.1, 0.15) is 48.3 Å². The minimum absolute atomic E-state index is 0.0423. The second kappa shape index (κ2) is 48.9. The molecule has 0 aliphatic carbocycles. The number of benzene rings is 4. The quantitative estimate of drug-likeness (QED) is 0.0217. The summed E-state index contributed by atoms with van der Waals surface area (Å²) in [5.74, 6) is -3.41. The minimum Gasteiger partial charge on any atom is -0.443 e. The number of hydrogen-bond donors (Lipinski definition) is 12. The van der Waals surface area contributed by atoms with Crippen molar-refractivity contribution in [3.05, 3.63) is 166 Å². The predicted molar refractivity (Wildman–Crippen MR) is 544 cm³/mol. The zero-order valence-corrected chi connectivity index (χ0v) is 88.5. The van der Waals surface area contributed by atoms with Crippen LogP contribution in [0.5, 0.6) is 0 Å². The molecular formula is C106H148N16O18S2. The van der Waals surface area contributed by atoms with E-state index in [9.17, 15) is 78.0 Å². The van der Waals surface area contributed by atoms with Gasteiger partial charge in [0, 0.05) is 99.8 Å². The smallest absolute Gasteiger partial charge is 0.246 e. The van der Waals surface area contributed by atoms with Crippen molar-refractivity contribution < 1.29 is 86.8 Å². The van der Waals surface area contributed by atoms with Gasteiger partial charge in [-0.1, -0.05) is 236 Å². The van der Waals surface area contributed by atoms with Gasteiger partial charge in [0.05, 0.1) is 80.1 Å². The van der Waals surface area contributed by atoms with Crippen molar-refractivity contribution in [3.63, 3.8) is 0 Å². The maximum atomic E-state index is 13.6. The Morgan fingerprint density at radius 1 is 0.338 bits per heavy atom. The second-order valence-electron chi connectivity index (χ2n) is 43.0. The van der Waals surface area contributed by atoms with Gasteiger partial charge in [0.15, 0.2) is 24.3 Å². The summed E-state index contributed by atoms with van der Waals surface area (Å²) in [5, 5.41) is 64.4. The first-order valence-electron chi connectivity index (χ1n) is 48.7. The normalized spacial score (nSPS) is 19.4. The van der Waals surface area contributed by atoms with Crippen LogP contribution in [0.25, 0.3) is 43.5 Å². The lowest BCUT2D eigenvalue weighted by atomic mass is 9.85. The Hall–Kier alpha value is -12.0. The molecule has 4 aliphatic rings. The van der Waals surface area contributed by atoms with Crippen molar-refractivity contribution in [1.82, 2.24) is 82.1 Å². The summed E-state index contributed by atoms with van der Waals surface area (Å²) in [6, 6.07) is 24.0. The molecule has 12 N–H and O–H groups in total. The number of rotatable bonds is 28. The Morgan fingerprint density at radius 2 is 0.577 bits per heavy atom. The molecule has 4 saturated heterocycles. The van der Waals surface area contributed by atoms with Gasteiger partial charge in [-0.3, -0.25) is 57.5 Å². The summed E-state index contributed by atoms with van der Waals surface area (Å²) in [6.07, 6.45) is 0.203. The van der Waals surface area contributed by atoms with Crippen LogP contribution in [0, 0.1) is 73.0 Å². The molecule has 772 valence electrons. The van der Waals surface area contributed by atoms with Crippen LogP contribution in [0.1, 0.15) is 235 Å². The molecule has 12 amide bonds. The molecule has 4 aliphatic heterocycles. The third-order valence-corrected chi connectivity index (χ3v) is 27.5. The average molecular weight is 2000 g/mol. The molecule has 14 atom stereocenters. The molecule has 34 nitrogen and oxygen atoms in total. The van der Waals surface area contributed by atoms with Crippen LogP contribution in [-0.4, -0.2) is 230 Å². The van der Waals surface area contributed by atoms with E-state index >= 15 is 0 Å². The number of aryl methyl sites for hydroxylation is 4. The fraction of sp³-hybridized carbons (Fsp3) is 0.547. The first-order valence-corrected chi connectivity index (χ1v) is 50.4. The van der Waals surface area contributed by atoms with Crippen molar-refractivity contribution in [2.75, 3.05) is 26.2 Å². The number of aromatic nitrogens is 4. The zero-order valence-electron chi connectivity index (χ0n) is 86.9. The second-order valence-corrected chi connectivity index (χ2v) is 44.7. The largest absolute Gasteiger partial charge is 0.443 e. The number of carbonyl (C=O) groups excluding carboxylic acids is 12. The Bertz CT molecular complexity index is 5320. The van der Waals surface area contributed by atoms with E-state index in [1.54, 1.807) is 78.1 Å². The van der Waals surface area contributed by atoms with E-state index in [2.05, 4.69) is 62.5 Å². The molecule has 8 heterocycles. The summed E-state index contributed by atoms with van der Waals surface area (Å²) in [4.78, 5) is 181. The molecular weight excluding hydrogens is 1850 g/mol. The summed E-state index contributed by atoms with van der Waals surface area (Å²) < 4.78 is 10.9. The zero-order chi connectivity index (χ0) is 105. The van der Waals surface area contributed by atoms with Crippen LogP contribution in [0.3, 0.4) is 0 Å². The van der Waals surface area contributed by atoms with E-state index in [0.717, 1.165) is 77.0 Å². The predicted octanol–water partition coefficient (Wildman–Crippen LogP) is 11.7. The fourth-order valence-electron chi connectivity index (χ4n) is 16.8. The number of carbonyl (C=O) groups is 12. The molecule has 142 heavy (non-hydrogen) atoms. The summed E-state index contributed by atoms with van der Waals surface area (Å²) in [7, 11) is 0. The van der Waals surface area contributed by atoms with Crippen LogP contribution >= 0.6 is 22.7 Å². The van der Waals surface area contributed by atoms with Gasteiger partial charge in [-0.05, 0) is 96.6 Å². The molecule has 4 fully saturated rings. The number of β-amino-alcohol motifs (C(OH)–C–C–N with tert-alkyl or cyclic N) is 4. The monoisotopic (exact) mass is 2000 g/mol. The highest BCUT2D eigenvalue weighted by molar-refractivity contribution is 7.13. The molecule has 0 saturated carbocycles. The van der Waals surface area contributed by atoms with Gasteiger partial charge in [-0.25, -0.2) is 19.9 Å². The fourth-order valence-corrected chi connectivity index (χ4v) is 18.5. The van der Waals surface area contributed by atoms with E-state index in [-0.39, 0.29) is 165 Å². The number of oxazole rings is 2. The first kappa shape index (κ1) is 114. The lowest BCUT2D eigenvalue weighted by molar-refractivity contribution is -0.144. The summed E-state index contributed by atoms with van der Waals surface area (Å²) in [5.41, 5.74) is 12.5. The Morgan fingerprint density at radius 3 is 0.803 bits per heavy atom. The number of nitrogens with zero attached hydrogens (tertiary/aromatic N) is 8. The molecule has 0 radical (unpaired) electrons.